The fourth-order valence-corrected chi connectivity index (χ4v) is 4.88. The molecule has 0 spiro atoms. The second kappa shape index (κ2) is 9.80. The standard InChI is InChI=1S/C21H24N2O7S/c1-2-29-18-9-8-16(13-19(18)31(27,28)23-10-3-4-11-23)22-21(26)15-6-5-7-17(12-15)30-14-20(24)25/h5-9,12-13H,2-4,10-11,14H2,1H3,(H,22,26)(H,24,25). The largest absolute Gasteiger partial charge is 0.492 e. The Morgan fingerprint density at radius 1 is 1.10 bits per heavy atom. The maximum Gasteiger partial charge on any atom is 0.341 e. The van der Waals surface area contributed by atoms with Crippen LogP contribution in [0, 0.1) is 0 Å². The second-order valence-electron chi connectivity index (χ2n) is 6.87. The van der Waals surface area contributed by atoms with Gasteiger partial charge in [0.1, 0.15) is 16.4 Å². The van der Waals surface area contributed by atoms with Crippen molar-refractivity contribution in [3.8, 4) is 11.5 Å². The second-order valence-corrected chi connectivity index (χ2v) is 8.78. The van der Waals surface area contributed by atoms with Crippen molar-refractivity contribution in [2.45, 2.75) is 24.7 Å². The Bertz CT molecular complexity index is 1060. The molecule has 166 valence electrons. The summed E-state index contributed by atoms with van der Waals surface area (Å²) < 4.78 is 38.2. The first-order valence-corrected chi connectivity index (χ1v) is 11.3. The molecule has 2 aromatic carbocycles. The SMILES string of the molecule is CCOc1ccc(NC(=O)c2cccc(OCC(=O)O)c2)cc1S(=O)(=O)N1CCCC1. The number of benzene rings is 2. The Balaban J connectivity index is 1.84. The van der Waals surface area contributed by atoms with Gasteiger partial charge in [-0.3, -0.25) is 4.79 Å². The molecule has 0 bridgehead atoms. The van der Waals surface area contributed by atoms with Crippen molar-refractivity contribution in [3.05, 3.63) is 48.0 Å². The van der Waals surface area contributed by atoms with Gasteiger partial charge in [-0.15, -0.1) is 0 Å². The van der Waals surface area contributed by atoms with Gasteiger partial charge in [-0.05, 0) is 56.2 Å². The predicted octanol–water partition coefficient (Wildman–Crippen LogP) is 2.59. The number of nitrogens with zero attached hydrogens (tertiary/aromatic N) is 1. The number of sulfonamides is 1. The van der Waals surface area contributed by atoms with E-state index in [0.29, 0.717) is 25.4 Å². The lowest BCUT2D eigenvalue weighted by molar-refractivity contribution is -0.139. The van der Waals surface area contributed by atoms with Gasteiger partial charge in [-0.25, -0.2) is 13.2 Å². The molecule has 1 heterocycles. The lowest BCUT2D eigenvalue weighted by atomic mass is 10.2. The van der Waals surface area contributed by atoms with Crippen LogP contribution in [0.4, 0.5) is 5.69 Å². The summed E-state index contributed by atoms with van der Waals surface area (Å²) in [6.07, 6.45) is 1.61. The van der Waals surface area contributed by atoms with Crippen LogP contribution in [0.15, 0.2) is 47.4 Å². The van der Waals surface area contributed by atoms with E-state index in [0.717, 1.165) is 12.8 Å². The van der Waals surface area contributed by atoms with Gasteiger partial charge >= 0.3 is 5.97 Å². The number of anilines is 1. The van der Waals surface area contributed by atoms with Crippen LogP contribution in [0.5, 0.6) is 11.5 Å². The number of rotatable bonds is 9. The zero-order chi connectivity index (χ0) is 22.4. The van der Waals surface area contributed by atoms with E-state index in [4.69, 9.17) is 14.6 Å². The van der Waals surface area contributed by atoms with Crippen LogP contribution in [0.1, 0.15) is 30.1 Å². The lowest BCUT2D eigenvalue weighted by Crippen LogP contribution is -2.28. The van der Waals surface area contributed by atoms with Crippen molar-refractivity contribution < 1.29 is 32.6 Å². The number of ether oxygens (including phenoxy) is 2. The van der Waals surface area contributed by atoms with E-state index in [1.807, 2.05) is 0 Å². The van der Waals surface area contributed by atoms with Crippen LogP contribution in [-0.2, 0) is 14.8 Å². The summed E-state index contributed by atoms with van der Waals surface area (Å²) >= 11 is 0. The quantitative estimate of drug-likeness (QED) is 0.604. The first-order chi connectivity index (χ1) is 14.8. The van der Waals surface area contributed by atoms with Crippen LogP contribution in [-0.4, -0.2) is 56.0 Å². The van der Waals surface area contributed by atoms with Gasteiger partial charge in [0.15, 0.2) is 6.61 Å². The maximum atomic E-state index is 13.1. The molecule has 1 saturated heterocycles. The van der Waals surface area contributed by atoms with Crippen molar-refractivity contribution in [3.63, 3.8) is 0 Å². The highest BCUT2D eigenvalue weighted by Crippen LogP contribution is 2.32. The van der Waals surface area contributed by atoms with Crippen LogP contribution < -0.4 is 14.8 Å². The first-order valence-electron chi connectivity index (χ1n) is 9.84. The fraction of sp³-hybridized carbons (Fsp3) is 0.333. The summed E-state index contributed by atoms with van der Waals surface area (Å²) in [6, 6.07) is 10.5. The number of hydrogen-bond donors (Lipinski definition) is 2. The number of aliphatic carboxylic acids is 1. The Hall–Kier alpha value is -3.11. The third kappa shape index (κ3) is 5.53. The highest BCUT2D eigenvalue weighted by Gasteiger charge is 2.30. The number of carbonyl (C=O) groups excluding carboxylic acids is 1. The molecule has 1 aliphatic rings. The molecule has 2 N–H and O–H groups in total. The van der Waals surface area contributed by atoms with E-state index < -0.39 is 28.5 Å². The highest BCUT2D eigenvalue weighted by molar-refractivity contribution is 7.89. The van der Waals surface area contributed by atoms with Crippen molar-refractivity contribution in [1.29, 1.82) is 0 Å². The van der Waals surface area contributed by atoms with Gasteiger partial charge in [0.25, 0.3) is 5.91 Å². The smallest absolute Gasteiger partial charge is 0.341 e. The molecule has 0 unspecified atom stereocenters. The number of carboxylic acids is 1. The molecule has 0 atom stereocenters. The number of carbonyl (C=O) groups is 2. The molecule has 1 amide bonds. The summed E-state index contributed by atoms with van der Waals surface area (Å²) in [6.45, 7) is 2.45. The molecule has 0 aromatic heterocycles. The van der Waals surface area contributed by atoms with Gasteiger partial charge in [-0.2, -0.15) is 4.31 Å². The predicted molar refractivity (Wildman–Crippen MR) is 113 cm³/mol. The molecular weight excluding hydrogens is 424 g/mol. The highest BCUT2D eigenvalue weighted by atomic mass is 32.2. The third-order valence-electron chi connectivity index (χ3n) is 4.64. The summed E-state index contributed by atoms with van der Waals surface area (Å²) in [5.74, 6) is -1.15. The molecule has 2 aromatic rings. The topological polar surface area (TPSA) is 122 Å². The van der Waals surface area contributed by atoms with Crippen LogP contribution >= 0.6 is 0 Å². The number of hydrogen-bond acceptors (Lipinski definition) is 6. The van der Waals surface area contributed by atoms with E-state index in [1.54, 1.807) is 25.1 Å². The van der Waals surface area contributed by atoms with E-state index in [-0.39, 0.29) is 22.0 Å². The number of carboxylic acid groups (broad SMARTS) is 1. The van der Waals surface area contributed by atoms with Gasteiger partial charge in [0, 0.05) is 24.3 Å². The van der Waals surface area contributed by atoms with Crippen LogP contribution in [0.3, 0.4) is 0 Å². The molecule has 0 radical (unpaired) electrons. The third-order valence-corrected chi connectivity index (χ3v) is 6.56. The minimum absolute atomic E-state index is 0.00703. The Morgan fingerprint density at radius 2 is 1.84 bits per heavy atom. The van der Waals surface area contributed by atoms with Crippen molar-refractivity contribution in [1.82, 2.24) is 4.31 Å². The van der Waals surface area contributed by atoms with Crippen molar-refractivity contribution in [2.75, 3.05) is 31.6 Å². The molecule has 0 aliphatic carbocycles. The number of amides is 1. The van der Waals surface area contributed by atoms with Crippen LogP contribution in [0.2, 0.25) is 0 Å². The first kappa shape index (κ1) is 22.6. The molecule has 3 rings (SSSR count). The minimum atomic E-state index is -3.76. The van der Waals surface area contributed by atoms with Crippen molar-refractivity contribution >= 4 is 27.6 Å². The molecule has 9 nitrogen and oxygen atoms in total. The van der Waals surface area contributed by atoms with Gasteiger partial charge in [-0.1, -0.05) is 6.07 Å². The van der Waals surface area contributed by atoms with Gasteiger partial charge in [0.2, 0.25) is 10.0 Å². The Labute approximate surface area is 180 Å². The lowest BCUT2D eigenvalue weighted by Gasteiger charge is -2.19. The average molecular weight is 448 g/mol. The van der Waals surface area contributed by atoms with E-state index >= 15 is 0 Å². The summed E-state index contributed by atoms with van der Waals surface area (Å²) in [7, 11) is -3.76. The molecule has 10 heteroatoms. The fourth-order valence-electron chi connectivity index (χ4n) is 3.21. The summed E-state index contributed by atoms with van der Waals surface area (Å²) in [4.78, 5) is 23.3. The average Bonchev–Trinajstić information content (AvgIpc) is 3.29. The molecular formula is C21H24N2O7S. The van der Waals surface area contributed by atoms with E-state index in [2.05, 4.69) is 5.32 Å². The van der Waals surface area contributed by atoms with E-state index in [1.165, 1.54) is 28.6 Å². The van der Waals surface area contributed by atoms with Gasteiger partial charge in [0.05, 0.1) is 6.61 Å². The Morgan fingerprint density at radius 3 is 2.52 bits per heavy atom. The molecule has 0 saturated carbocycles. The van der Waals surface area contributed by atoms with Gasteiger partial charge < -0.3 is 19.9 Å². The maximum absolute atomic E-state index is 13.1. The summed E-state index contributed by atoms with van der Waals surface area (Å²) in [5, 5.41) is 11.4. The molecule has 1 aliphatic heterocycles. The monoisotopic (exact) mass is 448 g/mol. The normalized spacial score (nSPS) is 14.2. The zero-order valence-electron chi connectivity index (χ0n) is 17.0. The molecule has 31 heavy (non-hydrogen) atoms. The summed E-state index contributed by atoms with van der Waals surface area (Å²) in [5.41, 5.74) is 0.531. The van der Waals surface area contributed by atoms with Crippen LogP contribution in [0.25, 0.3) is 0 Å². The van der Waals surface area contributed by atoms with E-state index in [9.17, 15) is 18.0 Å². The zero-order valence-corrected chi connectivity index (χ0v) is 17.9. The minimum Gasteiger partial charge on any atom is -0.492 e. The Kier molecular flexibility index (Phi) is 7.13. The molecule has 1 fully saturated rings. The van der Waals surface area contributed by atoms with Crippen molar-refractivity contribution in [2.24, 2.45) is 0 Å². The number of nitrogens with one attached hydrogen (secondary N) is 1.